The largest absolute Gasteiger partial charge is 0.381 e. The van der Waals surface area contributed by atoms with Crippen LogP contribution in [0, 0.1) is 17.2 Å². The van der Waals surface area contributed by atoms with E-state index in [1.54, 1.807) is 18.3 Å². The molecule has 2 aromatic heterocycles. The van der Waals surface area contributed by atoms with Crippen LogP contribution in [0.25, 0.3) is 11.2 Å². The van der Waals surface area contributed by atoms with Crippen molar-refractivity contribution in [1.29, 1.82) is 5.26 Å². The number of carbonyl (C=O) groups excluding carboxylic acids is 1. The molecule has 0 bridgehead atoms. The van der Waals surface area contributed by atoms with E-state index < -0.39 is 0 Å². The molecule has 10 nitrogen and oxygen atoms in total. The van der Waals surface area contributed by atoms with Crippen molar-refractivity contribution in [2.45, 2.75) is 57.0 Å². The minimum absolute atomic E-state index is 0.0352. The molecule has 1 saturated carbocycles. The zero-order chi connectivity index (χ0) is 25.9. The van der Waals surface area contributed by atoms with Crippen LogP contribution in [0.1, 0.15) is 56.6 Å². The van der Waals surface area contributed by atoms with Crippen molar-refractivity contribution < 1.29 is 9.53 Å². The molecule has 5 rings (SSSR count). The Morgan fingerprint density at radius 3 is 2.57 bits per heavy atom. The smallest absolute Gasteiger partial charge is 0.224 e. The number of nitriles is 1. The number of ether oxygens (including phenoxy) is 1. The minimum atomic E-state index is -0.260. The quantitative estimate of drug-likeness (QED) is 0.396. The molecule has 1 aliphatic carbocycles. The number of hydrogen-bond acceptors (Lipinski definition) is 8. The van der Waals surface area contributed by atoms with Crippen LogP contribution in [0.5, 0.6) is 0 Å². The van der Waals surface area contributed by atoms with Crippen molar-refractivity contribution in [3.63, 3.8) is 0 Å². The lowest BCUT2D eigenvalue weighted by Crippen LogP contribution is -2.29. The summed E-state index contributed by atoms with van der Waals surface area (Å²) in [5.41, 5.74) is 7.68. The number of nitrogens with zero attached hydrogens (tertiary/aromatic N) is 5. The molecule has 3 heterocycles. The topological polar surface area (TPSA) is 144 Å². The summed E-state index contributed by atoms with van der Waals surface area (Å²) in [5.74, 6) is 0.659. The van der Waals surface area contributed by atoms with E-state index in [2.05, 4.69) is 21.7 Å². The number of imidazole rings is 1. The monoisotopic (exact) mass is 542 g/mol. The third kappa shape index (κ3) is 5.59. The van der Waals surface area contributed by atoms with Gasteiger partial charge in [-0.3, -0.25) is 9.36 Å². The third-order valence-corrected chi connectivity index (χ3v) is 7.69. The molecule has 1 amide bonds. The van der Waals surface area contributed by atoms with Gasteiger partial charge in [0.05, 0.1) is 33.6 Å². The number of nitrogens with two attached hydrogens (primary N) is 1. The molecule has 1 aliphatic heterocycles. The number of nitrogens with one attached hydrogen (secondary N) is 2. The molecule has 4 N–H and O–H groups in total. The molecule has 2 fully saturated rings. The summed E-state index contributed by atoms with van der Waals surface area (Å²) in [4.78, 5) is 25.9. The molecule has 37 heavy (non-hydrogen) atoms. The fraction of sp³-hybridized carbons (Fsp3) is 0.480. The highest BCUT2D eigenvalue weighted by Crippen LogP contribution is 2.39. The van der Waals surface area contributed by atoms with Crippen LogP contribution in [0.4, 0.5) is 17.6 Å². The van der Waals surface area contributed by atoms with Gasteiger partial charge in [0.15, 0.2) is 5.65 Å². The van der Waals surface area contributed by atoms with Gasteiger partial charge in [0.25, 0.3) is 0 Å². The predicted octanol–water partition coefficient (Wildman–Crippen LogP) is 4.95. The first-order valence-electron chi connectivity index (χ1n) is 12.5. The zero-order valence-electron chi connectivity index (χ0n) is 20.2. The first-order chi connectivity index (χ1) is 17.9. The highest BCUT2D eigenvalue weighted by atomic mass is 35.5. The standard InChI is InChI=1S/C25H28Cl2N8O2/c26-18-10-14(12-28)11-19(27)21(18)33-25-32-20-13-30-24(31-16-2-1-8-37-9-7-16)34-23(20)35(25)17-5-3-15(4-6-17)22(29)36/h10-11,13,15-17H,1-9H2,(H2,29,36)(H,32,33)(H,30,31,34)/t15-,16?,17-. The molecular formula is C25H28Cl2N8O2. The third-order valence-electron chi connectivity index (χ3n) is 7.09. The number of anilines is 3. The number of rotatable bonds is 6. The summed E-state index contributed by atoms with van der Waals surface area (Å²) < 4.78 is 7.62. The maximum atomic E-state index is 11.8. The number of fused-ring (bicyclic) bond motifs is 1. The number of amides is 1. The van der Waals surface area contributed by atoms with Gasteiger partial charge in [-0.2, -0.15) is 10.2 Å². The summed E-state index contributed by atoms with van der Waals surface area (Å²) in [6.07, 6.45) is 7.44. The first kappa shape index (κ1) is 25.5. The number of benzene rings is 1. The lowest BCUT2D eigenvalue weighted by atomic mass is 9.85. The van der Waals surface area contributed by atoms with Crippen molar-refractivity contribution in [1.82, 2.24) is 19.5 Å². The molecular weight excluding hydrogens is 515 g/mol. The first-order valence-corrected chi connectivity index (χ1v) is 13.2. The Bertz CT molecular complexity index is 1320. The van der Waals surface area contributed by atoms with Gasteiger partial charge in [-0.1, -0.05) is 23.2 Å². The van der Waals surface area contributed by atoms with E-state index in [9.17, 15) is 10.1 Å². The van der Waals surface area contributed by atoms with Gasteiger partial charge < -0.3 is 21.1 Å². The lowest BCUT2D eigenvalue weighted by molar-refractivity contribution is -0.122. The fourth-order valence-electron chi connectivity index (χ4n) is 5.11. The second kappa shape index (κ2) is 11.1. The van der Waals surface area contributed by atoms with E-state index in [0.29, 0.717) is 63.8 Å². The number of primary amides is 1. The van der Waals surface area contributed by atoms with E-state index >= 15 is 0 Å². The highest BCUT2D eigenvalue weighted by molar-refractivity contribution is 6.39. The summed E-state index contributed by atoms with van der Waals surface area (Å²) in [7, 11) is 0. The zero-order valence-corrected chi connectivity index (χ0v) is 21.7. The molecule has 1 saturated heterocycles. The van der Waals surface area contributed by atoms with E-state index in [-0.39, 0.29) is 23.9 Å². The lowest BCUT2D eigenvalue weighted by Gasteiger charge is -2.29. The average molecular weight is 543 g/mol. The summed E-state index contributed by atoms with van der Waals surface area (Å²) in [6.45, 7) is 1.48. The predicted molar refractivity (Wildman–Crippen MR) is 142 cm³/mol. The van der Waals surface area contributed by atoms with Gasteiger partial charge >= 0.3 is 0 Å². The molecule has 0 radical (unpaired) electrons. The summed E-state index contributed by atoms with van der Waals surface area (Å²) in [6, 6.07) is 5.43. The fourth-order valence-corrected chi connectivity index (χ4v) is 5.69. The van der Waals surface area contributed by atoms with Crippen molar-refractivity contribution in [2.24, 2.45) is 11.7 Å². The maximum absolute atomic E-state index is 11.8. The van der Waals surface area contributed by atoms with Crippen LogP contribution in [-0.2, 0) is 9.53 Å². The number of aromatic nitrogens is 4. The van der Waals surface area contributed by atoms with Gasteiger partial charge in [0.1, 0.15) is 5.52 Å². The SMILES string of the molecule is N#Cc1cc(Cl)c(Nc2nc3cnc(NC4CCCOCC4)nc3n2[C@H]2CC[C@H](C(N)=O)CC2)c(Cl)c1. The van der Waals surface area contributed by atoms with Crippen molar-refractivity contribution in [3.05, 3.63) is 33.9 Å². The van der Waals surface area contributed by atoms with E-state index in [1.807, 2.05) is 4.57 Å². The second-order valence-corrected chi connectivity index (χ2v) is 10.4. The second-order valence-electron chi connectivity index (χ2n) is 9.55. The van der Waals surface area contributed by atoms with E-state index in [0.717, 1.165) is 38.7 Å². The Kier molecular flexibility index (Phi) is 7.65. The van der Waals surface area contributed by atoms with Crippen LogP contribution in [0.3, 0.4) is 0 Å². The highest BCUT2D eigenvalue weighted by Gasteiger charge is 2.29. The summed E-state index contributed by atoms with van der Waals surface area (Å²) in [5, 5.41) is 16.6. The van der Waals surface area contributed by atoms with Crippen molar-refractivity contribution in [3.8, 4) is 6.07 Å². The van der Waals surface area contributed by atoms with Crippen LogP contribution in [-0.4, -0.2) is 44.7 Å². The van der Waals surface area contributed by atoms with E-state index in [1.165, 1.54) is 0 Å². The molecule has 2 aliphatic rings. The minimum Gasteiger partial charge on any atom is -0.381 e. The van der Waals surface area contributed by atoms with Crippen LogP contribution in [0.15, 0.2) is 18.3 Å². The Labute approximate surface area is 224 Å². The van der Waals surface area contributed by atoms with Crippen LogP contribution < -0.4 is 16.4 Å². The molecule has 12 heteroatoms. The van der Waals surface area contributed by atoms with Gasteiger partial charge in [0.2, 0.25) is 17.8 Å². The van der Waals surface area contributed by atoms with Gasteiger partial charge in [-0.05, 0) is 57.1 Å². The number of halogens is 2. The van der Waals surface area contributed by atoms with Gasteiger partial charge in [-0.25, -0.2) is 9.97 Å². The molecule has 0 spiro atoms. The Hall–Kier alpha value is -3.13. The normalized spacial score (nSPS) is 22.2. The van der Waals surface area contributed by atoms with Crippen LogP contribution >= 0.6 is 23.2 Å². The molecule has 1 unspecified atom stereocenters. The Morgan fingerprint density at radius 2 is 1.86 bits per heavy atom. The molecule has 194 valence electrons. The van der Waals surface area contributed by atoms with Crippen molar-refractivity contribution in [2.75, 3.05) is 23.8 Å². The maximum Gasteiger partial charge on any atom is 0.224 e. The number of hydrogen-bond donors (Lipinski definition) is 3. The van der Waals surface area contributed by atoms with E-state index in [4.69, 9.17) is 43.6 Å². The van der Waals surface area contributed by atoms with Gasteiger partial charge in [-0.15, -0.1) is 0 Å². The molecule has 1 atom stereocenters. The Morgan fingerprint density at radius 1 is 1.11 bits per heavy atom. The van der Waals surface area contributed by atoms with Crippen molar-refractivity contribution >= 4 is 57.9 Å². The Balaban J connectivity index is 1.52. The summed E-state index contributed by atoms with van der Waals surface area (Å²) >= 11 is 12.9. The molecule has 3 aromatic rings. The average Bonchev–Trinajstić information content (AvgIpc) is 3.04. The number of carbonyl (C=O) groups is 1. The molecule has 1 aromatic carbocycles. The van der Waals surface area contributed by atoms with Crippen LogP contribution in [0.2, 0.25) is 10.0 Å². The van der Waals surface area contributed by atoms with Gasteiger partial charge in [0, 0.05) is 31.2 Å².